The molecule has 0 aromatic heterocycles. The van der Waals surface area contributed by atoms with Crippen LogP contribution in [0.4, 0.5) is 0 Å². The molecule has 1 heterocycles. The highest BCUT2D eigenvalue weighted by Gasteiger charge is 2.45. The quantitative estimate of drug-likeness (QED) is 0.580. The summed E-state index contributed by atoms with van der Waals surface area (Å²) in [6, 6.07) is 12.8. The SMILES string of the molecule is CN1[C@H](C#N)[C@@H]1c1ccccc1. The van der Waals surface area contributed by atoms with Gasteiger partial charge in [-0.05, 0) is 12.6 Å². The molecule has 0 N–H and O–H groups in total. The van der Waals surface area contributed by atoms with Crippen LogP contribution < -0.4 is 0 Å². The molecule has 1 aliphatic heterocycles. The van der Waals surface area contributed by atoms with Gasteiger partial charge in [-0.2, -0.15) is 5.26 Å². The lowest BCUT2D eigenvalue weighted by Gasteiger charge is -1.94. The fraction of sp³-hybridized carbons (Fsp3) is 0.300. The molecule has 0 radical (unpaired) electrons. The fourth-order valence-corrected chi connectivity index (χ4v) is 1.57. The third-order valence-corrected chi connectivity index (χ3v) is 2.36. The molecule has 0 spiro atoms. The highest BCUT2D eigenvalue weighted by atomic mass is 15.3. The Bertz CT molecular complexity index is 312. The number of likely N-dealkylation sites (N-methyl/N-ethyl adjacent to an activating group) is 1. The van der Waals surface area contributed by atoms with E-state index in [1.165, 1.54) is 5.56 Å². The molecule has 2 nitrogen and oxygen atoms in total. The normalized spacial score (nSPS) is 32.5. The molecular weight excluding hydrogens is 148 g/mol. The highest BCUT2D eigenvalue weighted by Crippen LogP contribution is 2.40. The maximum absolute atomic E-state index is 8.72. The molecule has 1 aromatic carbocycles. The summed E-state index contributed by atoms with van der Waals surface area (Å²) in [6.07, 6.45) is 0. The first-order valence-corrected chi connectivity index (χ1v) is 4.01. The van der Waals surface area contributed by atoms with Gasteiger partial charge in [-0.15, -0.1) is 0 Å². The Morgan fingerprint density at radius 1 is 1.33 bits per heavy atom. The zero-order chi connectivity index (χ0) is 8.55. The van der Waals surface area contributed by atoms with Crippen molar-refractivity contribution < 1.29 is 0 Å². The zero-order valence-electron chi connectivity index (χ0n) is 6.94. The van der Waals surface area contributed by atoms with Gasteiger partial charge in [-0.3, -0.25) is 4.90 Å². The first kappa shape index (κ1) is 7.33. The van der Waals surface area contributed by atoms with E-state index in [1.807, 2.05) is 25.2 Å². The lowest BCUT2D eigenvalue weighted by atomic mass is 10.1. The number of nitrogens with zero attached hydrogens (tertiary/aromatic N) is 2. The summed E-state index contributed by atoms with van der Waals surface area (Å²) < 4.78 is 0. The van der Waals surface area contributed by atoms with Crippen LogP contribution in [0.1, 0.15) is 11.6 Å². The lowest BCUT2D eigenvalue weighted by Crippen LogP contribution is -1.87. The van der Waals surface area contributed by atoms with Crippen molar-refractivity contribution in [3.63, 3.8) is 0 Å². The second-order valence-electron chi connectivity index (χ2n) is 3.09. The van der Waals surface area contributed by atoms with Crippen molar-refractivity contribution in [3.05, 3.63) is 35.9 Å². The van der Waals surface area contributed by atoms with Gasteiger partial charge in [-0.1, -0.05) is 30.3 Å². The monoisotopic (exact) mass is 158 g/mol. The minimum atomic E-state index is 0.0902. The van der Waals surface area contributed by atoms with E-state index in [1.54, 1.807) is 0 Å². The third-order valence-electron chi connectivity index (χ3n) is 2.36. The van der Waals surface area contributed by atoms with Crippen LogP contribution in [0.2, 0.25) is 0 Å². The first-order valence-electron chi connectivity index (χ1n) is 4.01. The molecule has 60 valence electrons. The molecule has 1 unspecified atom stereocenters. The lowest BCUT2D eigenvalue weighted by molar-refractivity contribution is 0.615. The third kappa shape index (κ3) is 0.992. The van der Waals surface area contributed by atoms with Gasteiger partial charge in [-0.25, -0.2) is 0 Å². The largest absolute Gasteiger partial charge is 0.280 e. The molecule has 3 atom stereocenters. The van der Waals surface area contributed by atoms with E-state index in [2.05, 4.69) is 23.1 Å². The van der Waals surface area contributed by atoms with Crippen molar-refractivity contribution in [2.45, 2.75) is 12.1 Å². The molecule has 2 heteroatoms. The van der Waals surface area contributed by atoms with Gasteiger partial charge in [0.05, 0.1) is 12.1 Å². The van der Waals surface area contributed by atoms with Crippen LogP contribution in [0.15, 0.2) is 30.3 Å². The summed E-state index contributed by atoms with van der Waals surface area (Å²) in [7, 11) is 1.98. The minimum Gasteiger partial charge on any atom is -0.280 e. The van der Waals surface area contributed by atoms with Gasteiger partial charge in [0.25, 0.3) is 0 Å². The van der Waals surface area contributed by atoms with Crippen LogP contribution >= 0.6 is 0 Å². The zero-order valence-corrected chi connectivity index (χ0v) is 6.94. The van der Waals surface area contributed by atoms with Crippen LogP contribution in [0, 0.1) is 11.3 Å². The molecule has 1 aromatic rings. The molecule has 12 heavy (non-hydrogen) atoms. The van der Waals surface area contributed by atoms with Crippen molar-refractivity contribution in [1.82, 2.24) is 4.90 Å². The molecule has 0 saturated carbocycles. The Labute approximate surface area is 72.0 Å². The number of hydrogen-bond acceptors (Lipinski definition) is 2. The molecule has 2 rings (SSSR count). The maximum atomic E-state index is 8.72. The minimum absolute atomic E-state index is 0.0902. The summed E-state index contributed by atoms with van der Waals surface area (Å²) in [5, 5.41) is 8.72. The van der Waals surface area contributed by atoms with Crippen molar-refractivity contribution >= 4 is 0 Å². The van der Waals surface area contributed by atoms with E-state index >= 15 is 0 Å². The van der Waals surface area contributed by atoms with Crippen molar-refractivity contribution in [1.29, 1.82) is 5.26 Å². The topological polar surface area (TPSA) is 26.8 Å². The summed E-state index contributed by atoms with van der Waals surface area (Å²) in [5.74, 6) is 0. The standard InChI is InChI=1S/C10H10N2/c1-12-9(7-11)10(12)8-5-3-2-4-6-8/h2-6,9-10H,1H3/t9-,10+,12?/m1/s1. The second kappa shape index (κ2) is 2.62. The Hall–Kier alpha value is -1.33. The van der Waals surface area contributed by atoms with Crippen molar-refractivity contribution in [2.24, 2.45) is 0 Å². The predicted molar refractivity (Wildman–Crippen MR) is 46.3 cm³/mol. The van der Waals surface area contributed by atoms with Crippen molar-refractivity contribution in [2.75, 3.05) is 7.05 Å². The van der Waals surface area contributed by atoms with Gasteiger partial charge >= 0.3 is 0 Å². The Morgan fingerprint density at radius 3 is 2.50 bits per heavy atom. The van der Waals surface area contributed by atoms with Gasteiger partial charge in [0.15, 0.2) is 0 Å². The van der Waals surface area contributed by atoms with E-state index in [4.69, 9.17) is 5.26 Å². The van der Waals surface area contributed by atoms with E-state index in [0.717, 1.165) is 0 Å². The van der Waals surface area contributed by atoms with Crippen molar-refractivity contribution in [3.8, 4) is 6.07 Å². The predicted octanol–water partition coefficient (Wildman–Crippen LogP) is 1.57. The van der Waals surface area contributed by atoms with E-state index in [0.29, 0.717) is 6.04 Å². The van der Waals surface area contributed by atoms with Crippen LogP contribution in [0.5, 0.6) is 0 Å². The van der Waals surface area contributed by atoms with Gasteiger partial charge in [0, 0.05) is 0 Å². The molecule has 1 aliphatic rings. The van der Waals surface area contributed by atoms with Crippen LogP contribution in [-0.4, -0.2) is 18.0 Å². The summed E-state index contributed by atoms with van der Waals surface area (Å²) in [4.78, 5) is 2.06. The van der Waals surface area contributed by atoms with Gasteiger partial charge in [0.2, 0.25) is 0 Å². The fourth-order valence-electron chi connectivity index (χ4n) is 1.57. The molecule has 1 saturated heterocycles. The smallest absolute Gasteiger partial charge is 0.118 e. The second-order valence-corrected chi connectivity index (χ2v) is 3.09. The average molecular weight is 158 g/mol. The summed E-state index contributed by atoms with van der Waals surface area (Å²) >= 11 is 0. The Balaban J connectivity index is 2.21. The van der Waals surface area contributed by atoms with Gasteiger partial charge < -0.3 is 0 Å². The average Bonchev–Trinajstić information content (AvgIpc) is 2.78. The first-order chi connectivity index (χ1) is 5.84. The maximum Gasteiger partial charge on any atom is 0.118 e. The van der Waals surface area contributed by atoms with Crippen LogP contribution in [0.25, 0.3) is 0 Å². The molecule has 0 aliphatic carbocycles. The number of hydrogen-bond donors (Lipinski definition) is 0. The van der Waals surface area contributed by atoms with Crippen LogP contribution in [-0.2, 0) is 0 Å². The van der Waals surface area contributed by atoms with E-state index in [-0.39, 0.29) is 6.04 Å². The summed E-state index contributed by atoms with van der Waals surface area (Å²) in [6.45, 7) is 0. The highest BCUT2D eigenvalue weighted by molar-refractivity contribution is 5.30. The Morgan fingerprint density at radius 2 is 2.00 bits per heavy atom. The van der Waals surface area contributed by atoms with Gasteiger partial charge in [0.1, 0.15) is 6.04 Å². The number of rotatable bonds is 1. The molecule has 1 fully saturated rings. The molecule has 0 bridgehead atoms. The number of nitriles is 1. The van der Waals surface area contributed by atoms with E-state index < -0.39 is 0 Å². The molecule has 0 amide bonds. The summed E-state index contributed by atoms with van der Waals surface area (Å²) in [5.41, 5.74) is 1.24. The molecular formula is C10H10N2. The van der Waals surface area contributed by atoms with E-state index in [9.17, 15) is 0 Å². The number of benzene rings is 1. The Kier molecular flexibility index (Phi) is 1.60. The van der Waals surface area contributed by atoms with Crippen LogP contribution in [0.3, 0.4) is 0 Å².